The van der Waals surface area contributed by atoms with Crippen LogP contribution in [0.1, 0.15) is 36.1 Å². The van der Waals surface area contributed by atoms with Gasteiger partial charge in [0.05, 0.1) is 29.3 Å². The second-order valence-corrected chi connectivity index (χ2v) is 8.45. The van der Waals surface area contributed by atoms with Gasteiger partial charge in [0, 0.05) is 37.9 Å². The molecule has 0 bridgehead atoms. The van der Waals surface area contributed by atoms with E-state index in [0.717, 1.165) is 11.3 Å². The molecule has 0 unspecified atom stereocenters. The van der Waals surface area contributed by atoms with Crippen LogP contribution in [0.15, 0.2) is 42.6 Å². The molecule has 1 amide bonds. The molecule has 3 heterocycles. The molecular formula is C23H24F2N4O. The Balaban J connectivity index is 1.63. The van der Waals surface area contributed by atoms with Crippen molar-refractivity contribution in [3.63, 3.8) is 0 Å². The van der Waals surface area contributed by atoms with Crippen molar-refractivity contribution < 1.29 is 13.6 Å². The molecule has 1 atom stereocenters. The Morgan fingerprint density at radius 1 is 1.23 bits per heavy atom. The molecule has 0 aliphatic carbocycles. The maximum atomic E-state index is 14.8. The number of aryl methyl sites for hydroxylation is 1. The van der Waals surface area contributed by atoms with Gasteiger partial charge in [0.15, 0.2) is 0 Å². The number of carbonyl (C=O) groups excluding carboxylic acids is 1. The molecule has 1 spiro atoms. The van der Waals surface area contributed by atoms with Crippen molar-refractivity contribution in [2.75, 3.05) is 24.5 Å². The summed E-state index contributed by atoms with van der Waals surface area (Å²) in [5.74, 6) is -3.22. The molecule has 2 fully saturated rings. The number of benzene rings is 1. The fourth-order valence-corrected chi connectivity index (χ4v) is 4.80. The van der Waals surface area contributed by atoms with Gasteiger partial charge in [-0.05, 0) is 49.6 Å². The molecule has 156 valence electrons. The van der Waals surface area contributed by atoms with E-state index in [1.165, 1.54) is 0 Å². The molecule has 2 aromatic rings. The molecule has 0 saturated carbocycles. The number of hydrogen-bond acceptors (Lipinski definition) is 4. The monoisotopic (exact) mass is 410 g/mol. The summed E-state index contributed by atoms with van der Waals surface area (Å²) in [6.07, 6.45) is 2.31. The van der Waals surface area contributed by atoms with Gasteiger partial charge in [0.1, 0.15) is 0 Å². The second kappa shape index (κ2) is 7.77. The largest absolute Gasteiger partial charge is 0.312 e. The average Bonchev–Trinajstić information content (AvgIpc) is 2.71. The SMILES string of the molecule is Cc1cccnc1CN1CC(F)(F)C[C@@]2(CCCN(c3cccc(C#N)c3)C2=O)C1. The highest BCUT2D eigenvalue weighted by Crippen LogP contribution is 2.46. The van der Waals surface area contributed by atoms with Crippen LogP contribution in [0.5, 0.6) is 0 Å². The van der Waals surface area contributed by atoms with E-state index in [-0.39, 0.29) is 19.0 Å². The van der Waals surface area contributed by atoms with E-state index in [2.05, 4.69) is 11.1 Å². The Hall–Kier alpha value is -2.85. The van der Waals surface area contributed by atoms with E-state index in [1.807, 2.05) is 19.1 Å². The fraction of sp³-hybridized carbons (Fsp3) is 0.435. The molecular weight excluding hydrogens is 386 g/mol. The lowest BCUT2D eigenvalue weighted by molar-refractivity contribution is -0.155. The molecule has 5 nitrogen and oxygen atoms in total. The van der Waals surface area contributed by atoms with Crippen LogP contribution in [0, 0.1) is 23.7 Å². The summed E-state index contributed by atoms with van der Waals surface area (Å²) in [5.41, 5.74) is 1.61. The minimum Gasteiger partial charge on any atom is -0.312 e. The third-order valence-electron chi connectivity index (χ3n) is 6.09. The van der Waals surface area contributed by atoms with Gasteiger partial charge in [-0.1, -0.05) is 12.1 Å². The fourth-order valence-electron chi connectivity index (χ4n) is 4.80. The smallest absolute Gasteiger partial charge is 0.261 e. The van der Waals surface area contributed by atoms with Gasteiger partial charge >= 0.3 is 0 Å². The number of halogens is 2. The number of alkyl halides is 2. The van der Waals surface area contributed by atoms with Crippen LogP contribution in [0.2, 0.25) is 0 Å². The molecule has 4 rings (SSSR count). The van der Waals surface area contributed by atoms with Crippen molar-refractivity contribution in [1.29, 1.82) is 5.26 Å². The van der Waals surface area contributed by atoms with E-state index in [1.54, 1.807) is 40.3 Å². The van der Waals surface area contributed by atoms with Crippen molar-refractivity contribution in [3.05, 3.63) is 59.4 Å². The molecule has 7 heteroatoms. The van der Waals surface area contributed by atoms with E-state index in [9.17, 15) is 13.6 Å². The van der Waals surface area contributed by atoms with Gasteiger partial charge in [0.25, 0.3) is 5.92 Å². The molecule has 2 aliphatic rings. The minimum absolute atomic E-state index is 0.272. The summed E-state index contributed by atoms with van der Waals surface area (Å²) in [6.45, 7) is 2.59. The van der Waals surface area contributed by atoms with Crippen LogP contribution in [0.4, 0.5) is 14.5 Å². The first-order valence-electron chi connectivity index (χ1n) is 10.1. The van der Waals surface area contributed by atoms with E-state index in [0.29, 0.717) is 37.2 Å². The van der Waals surface area contributed by atoms with Crippen LogP contribution < -0.4 is 4.90 Å². The number of piperidine rings is 2. The molecule has 2 saturated heterocycles. The van der Waals surface area contributed by atoms with Gasteiger partial charge in [-0.2, -0.15) is 5.26 Å². The number of rotatable bonds is 3. The Morgan fingerprint density at radius 2 is 2.07 bits per heavy atom. The number of anilines is 1. The predicted molar refractivity (Wildman–Crippen MR) is 109 cm³/mol. The molecule has 0 radical (unpaired) electrons. The summed E-state index contributed by atoms with van der Waals surface area (Å²) in [4.78, 5) is 21.1. The lowest BCUT2D eigenvalue weighted by Gasteiger charge is -2.49. The first-order valence-corrected chi connectivity index (χ1v) is 10.1. The Morgan fingerprint density at radius 3 is 2.83 bits per heavy atom. The lowest BCUT2D eigenvalue weighted by Crippen LogP contribution is -2.61. The number of nitriles is 1. The number of amides is 1. The third kappa shape index (κ3) is 3.92. The normalized spacial score (nSPS) is 24.1. The van der Waals surface area contributed by atoms with Gasteiger partial charge in [-0.15, -0.1) is 0 Å². The van der Waals surface area contributed by atoms with Gasteiger partial charge < -0.3 is 4.90 Å². The predicted octanol–water partition coefficient (Wildman–Crippen LogP) is 3.92. The molecule has 30 heavy (non-hydrogen) atoms. The van der Waals surface area contributed by atoms with Crippen molar-refractivity contribution in [2.45, 2.75) is 38.7 Å². The first kappa shape index (κ1) is 20.4. The zero-order valence-electron chi connectivity index (χ0n) is 16.9. The number of nitrogens with zero attached hydrogens (tertiary/aromatic N) is 4. The second-order valence-electron chi connectivity index (χ2n) is 8.45. The van der Waals surface area contributed by atoms with Crippen molar-refractivity contribution in [1.82, 2.24) is 9.88 Å². The zero-order chi connectivity index (χ0) is 21.4. The minimum atomic E-state index is -2.95. The van der Waals surface area contributed by atoms with Crippen LogP contribution in [0.25, 0.3) is 0 Å². The average molecular weight is 410 g/mol. The van der Waals surface area contributed by atoms with E-state index >= 15 is 0 Å². The summed E-state index contributed by atoms with van der Waals surface area (Å²) in [7, 11) is 0. The highest BCUT2D eigenvalue weighted by molar-refractivity contribution is 5.98. The quantitative estimate of drug-likeness (QED) is 0.770. The number of carbonyl (C=O) groups is 1. The number of likely N-dealkylation sites (tertiary alicyclic amines) is 1. The third-order valence-corrected chi connectivity index (χ3v) is 6.09. The summed E-state index contributed by atoms with van der Waals surface area (Å²) >= 11 is 0. The Labute approximate surface area is 174 Å². The highest BCUT2D eigenvalue weighted by atomic mass is 19.3. The molecule has 1 aromatic heterocycles. The van der Waals surface area contributed by atoms with Crippen molar-refractivity contribution in [3.8, 4) is 6.07 Å². The summed E-state index contributed by atoms with van der Waals surface area (Å²) in [5, 5.41) is 9.17. The lowest BCUT2D eigenvalue weighted by atomic mass is 9.71. The van der Waals surface area contributed by atoms with Gasteiger partial charge in [0.2, 0.25) is 5.91 Å². The summed E-state index contributed by atoms with van der Waals surface area (Å²) < 4.78 is 29.7. The van der Waals surface area contributed by atoms with Crippen LogP contribution >= 0.6 is 0 Å². The van der Waals surface area contributed by atoms with E-state index < -0.39 is 17.8 Å². The van der Waals surface area contributed by atoms with Crippen LogP contribution in [0.3, 0.4) is 0 Å². The maximum Gasteiger partial charge on any atom is 0.261 e. The first-order chi connectivity index (χ1) is 14.3. The van der Waals surface area contributed by atoms with Crippen LogP contribution in [-0.2, 0) is 11.3 Å². The molecule has 2 aliphatic heterocycles. The number of aromatic nitrogens is 1. The molecule has 1 aromatic carbocycles. The number of pyridine rings is 1. The topological polar surface area (TPSA) is 60.2 Å². The van der Waals surface area contributed by atoms with Gasteiger partial charge in [-0.3, -0.25) is 14.7 Å². The molecule has 0 N–H and O–H groups in total. The van der Waals surface area contributed by atoms with E-state index in [4.69, 9.17) is 5.26 Å². The maximum absolute atomic E-state index is 14.8. The summed E-state index contributed by atoms with van der Waals surface area (Å²) in [6, 6.07) is 12.6. The van der Waals surface area contributed by atoms with Crippen molar-refractivity contribution in [2.24, 2.45) is 5.41 Å². The highest BCUT2D eigenvalue weighted by Gasteiger charge is 2.55. The Kier molecular flexibility index (Phi) is 5.29. The van der Waals surface area contributed by atoms with Crippen molar-refractivity contribution >= 4 is 11.6 Å². The van der Waals surface area contributed by atoms with Gasteiger partial charge in [-0.25, -0.2) is 8.78 Å². The number of hydrogen-bond donors (Lipinski definition) is 0. The standard InChI is InChI=1S/C23H24F2N4O/c1-17-5-3-9-27-20(17)13-28-15-22(14-23(24,25)16-28)8-4-10-29(21(22)30)19-7-2-6-18(11-19)12-26/h2-3,5-7,9,11H,4,8,10,13-16H2,1H3/t22-/m0/s1. The van der Waals surface area contributed by atoms with Crippen LogP contribution in [-0.4, -0.2) is 41.3 Å². The zero-order valence-corrected chi connectivity index (χ0v) is 16.9. The Bertz CT molecular complexity index is 1000.